The second kappa shape index (κ2) is 4.84. The van der Waals surface area contributed by atoms with Gasteiger partial charge in [-0.15, -0.1) is 0 Å². The molecule has 1 heterocycles. The summed E-state index contributed by atoms with van der Waals surface area (Å²) in [6, 6.07) is 8.13. The van der Waals surface area contributed by atoms with Gasteiger partial charge in [-0.05, 0) is 25.3 Å². The van der Waals surface area contributed by atoms with E-state index in [1.807, 2.05) is 35.9 Å². The van der Waals surface area contributed by atoms with Gasteiger partial charge >= 0.3 is 0 Å². The Morgan fingerprint density at radius 2 is 1.83 bits per heavy atom. The molecule has 0 amide bonds. The highest BCUT2D eigenvalue weighted by atomic mass is 16.1. The van der Waals surface area contributed by atoms with E-state index in [0.29, 0.717) is 5.92 Å². The summed E-state index contributed by atoms with van der Waals surface area (Å²) in [4.78, 5) is 12.1. The fourth-order valence-corrected chi connectivity index (χ4v) is 2.34. The molecule has 0 aliphatic rings. The molecule has 0 bridgehead atoms. The zero-order chi connectivity index (χ0) is 13.3. The minimum Gasteiger partial charge on any atom is -0.289 e. The molecule has 1 aromatic heterocycles. The molecule has 96 valence electrons. The Kier molecular flexibility index (Phi) is 3.41. The van der Waals surface area contributed by atoms with Crippen LogP contribution in [0.4, 0.5) is 0 Å². The fourth-order valence-electron chi connectivity index (χ4n) is 2.34. The highest BCUT2D eigenvalue weighted by Gasteiger charge is 2.18. The normalized spacial score (nSPS) is 11.2. The molecule has 0 unspecified atom stereocenters. The van der Waals surface area contributed by atoms with E-state index in [4.69, 9.17) is 0 Å². The van der Waals surface area contributed by atoms with Gasteiger partial charge in [-0.2, -0.15) is 0 Å². The average Bonchev–Trinajstić information content (AvgIpc) is 2.67. The number of rotatable bonds is 3. The first-order valence-corrected chi connectivity index (χ1v) is 6.44. The standard InChI is InChI=1S/C15H20N2O/c1-5-17-14(10(2)3)13(15(18)16-17)12-8-6-11(4)7-9-12/h6-10H,5H2,1-4H3,(H,16,18). The first-order valence-electron chi connectivity index (χ1n) is 6.44. The highest BCUT2D eigenvalue weighted by Crippen LogP contribution is 2.26. The zero-order valence-corrected chi connectivity index (χ0v) is 11.4. The lowest BCUT2D eigenvalue weighted by atomic mass is 9.99. The van der Waals surface area contributed by atoms with Gasteiger partial charge in [0.25, 0.3) is 5.56 Å². The summed E-state index contributed by atoms with van der Waals surface area (Å²) in [5.41, 5.74) is 4.11. The summed E-state index contributed by atoms with van der Waals surface area (Å²) in [5.74, 6) is 0.320. The Morgan fingerprint density at radius 3 is 2.33 bits per heavy atom. The number of aromatic amines is 1. The molecule has 2 rings (SSSR count). The van der Waals surface area contributed by atoms with Crippen LogP contribution in [0.1, 0.15) is 37.9 Å². The van der Waals surface area contributed by atoms with Crippen molar-refractivity contribution >= 4 is 0 Å². The first-order chi connectivity index (χ1) is 8.54. The lowest BCUT2D eigenvalue weighted by Gasteiger charge is -2.11. The number of H-pyrrole nitrogens is 1. The predicted octanol–water partition coefficient (Wildman–Crippen LogP) is 3.30. The molecular weight excluding hydrogens is 224 g/mol. The van der Waals surface area contributed by atoms with Crippen LogP contribution in [0.25, 0.3) is 11.1 Å². The number of aryl methyl sites for hydroxylation is 2. The summed E-state index contributed by atoms with van der Waals surface area (Å²) >= 11 is 0. The minimum atomic E-state index is 0.00408. The second-order valence-electron chi connectivity index (χ2n) is 4.97. The molecular formula is C15H20N2O. The molecule has 2 aromatic rings. The largest absolute Gasteiger partial charge is 0.289 e. The van der Waals surface area contributed by atoms with Gasteiger partial charge in [0.1, 0.15) is 0 Å². The maximum absolute atomic E-state index is 12.1. The smallest absolute Gasteiger partial charge is 0.272 e. The SMILES string of the molecule is CCn1[nH]c(=O)c(-c2ccc(C)cc2)c1C(C)C. The van der Waals surface area contributed by atoms with Crippen molar-refractivity contribution in [1.29, 1.82) is 0 Å². The summed E-state index contributed by atoms with van der Waals surface area (Å²) in [6.07, 6.45) is 0. The molecule has 1 aromatic carbocycles. The van der Waals surface area contributed by atoms with E-state index in [1.54, 1.807) is 0 Å². The van der Waals surface area contributed by atoms with Crippen LogP contribution in [0.3, 0.4) is 0 Å². The Labute approximate surface area is 107 Å². The van der Waals surface area contributed by atoms with Crippen molar-refractivity contribution in [3.63, 3.8) is 0 Å². The van der Waals surface area contributed by atoms with Crippen molar-refractivity contribution in [2.24, 2.45) is 0 Å². The van der Waals surface area contributed by atoms with Gasteiger partial charge in [-0.3, -0.25) is 14.6 Å². The fraction of sp³-hybridized carbons (Fsp3) is 0.400. The number of nitrogens with zero attached hydrogens (tertiary/aromatic N) is 1. The molecule has 0 saturated heterocycles. The van der Waals surface area contributed by atoms with Crippen molar-refractivity contribution in [3.05, 3.63) is 45.9 Å². The Bertz CT molecular complexity index is 588. The third-order valence-electron chi connectivity index (χ3n) is 3.21. The number of nitrogens with one attached hydrogen (secondary N) is 1. The van der Waals surface area contributed by atoms with Crippen molar-refractivity contribution in [2.45, 2.75) is 40.2 Å². The number of aromatic nitrogens is 2. The van der Waals surface area contributed by atoms with Gasteiger partial charge < -0.3 is 0 Å². The van der Waals surface area contributed by atoms with Gasteiger partial charge in [0.05, 0.1) is 11.3 Å². The summed E-state index contributed by atoms with van der Waals surface area (Å²) in [5, 5.41) is 2.92. The first kappa shape index (κ1) is 12.7. The predicted molar refractivity (Wildman–Crippen MR) is 75.0 cm³/mol. The molecule has 0 aliphatic carbocycles. The van der Waals surface area contributed by atoms with Crippen LogP contribution in [0.15, 0.2) is 29.1 Å². The molecule has 0 spiro atoms. The minimum absolute atomic E-state index is 0.00408. The Morgan fingerprint density at radius 1 is 1.22 bits per heavy atom. The van der Waals surface area contributed by atoms with Gasteiger partial charge in [0.15, 0.2) is 0 Å². The summed E-state index contributed by atoms with van der Waals surface area (Å²) in [6.45, 7) is 9.11. The van der Waals surface area contributed by atoms with E-state index in [0.717, 1.165) is 23.4 Å². The topological polar surface area (TPSA) is 37.8 Å². The third-order valence-corrected chi connectivity index (χ3v) is 3.21. The summed E-state index contributed by atoms with van der Waals surface area (Å²) < 4.78 is 1.95. The quantitative estimate of drug-likeness (QED) is 0.883. The van der Waals surface area contributed by atoms with Crippen LogP contribution in [0.2, 0.25) is 0 Å². The lowest BCUT2D eigenvalue weighted by Crippen LogP contribution is -2.06. The van der Waals surface area contributed by atoms with Crippen LogP contribution < -0.4 is 5.56 Å². The van der Waals surface area contributed by atoms with Crippen molar-refractivity contribution in [2.75, 3.05) is 0 Å². The van der Waals surface area contributed by atoms with Gasteiger partial charge in [0, 0.05) is 6.54 Å². The van der Waals surface area contributed by atoms with Gasteiger partial charge in [0.2, 0.25) is 0 Å². The molecule has 0 fully saturated rings. The van der Waals surface area contributed by atoms with E-state index in [2.05, 4.69) is 25.9 Å². The molecule has 18 heavy (non-hydrogen) atoms. The van der Waals surface area contributed by atoms with E-state index < -0.39 is 0 Å². The van der Waals surface area contributed by atoms with Crippen LogP contribution in [0, 0.1) is 6.92 Å². The highest BCUT2D eigenvalue weighted by molar-refractivity contribution is 5.66. The van der Waals surface area contributed by atoms with Crippen molar-refractivity contribution in [1.82, 2.24) is 9.78 Å². The van der Waals surface area contributed by atoms with Gasteiger partial charge in [-0.25, -0.2) is 0 Å². The van der Waals surface area contributed by atoms with Crippen LogP contribution in [-0.2, 0) is 6.54 Å². The molecule has 0 atom stereocenters. The maximum atomic E-state index is 12.1. The monoisotopic (exact) mass is 244 g/mol. The molecule has 0 aliphatic heterocycles. The van der Waals surface area contributed by atoms with Gasteiger partial charge in [-0.1, -0.05) is 43.7 Å². The van der Waals surface area contributed by atoms with Crippen LogP contribution >= 0.6 is 0 Å². The molecule has 1 N–H and O–H groups in total. The number of hydrogen-bond donors (Lipinski definition) is 1. The van der Waals surface area contributed by atoms with E-state index in [9.17, 15) is 4.79 Å². The van der Waals surface area contributed by atoms with Crippen LogP contribution in [0.5, 0.6) is 0 Å². The number of hydrogen-bond acceptors (Lipinski definition) is 1. The average molecular weight is 244 g/mol. The Balaban J connectivity index is 2.66. The molecule has 3 heteroatoms. The van der Waals surface area contributed by atoms with E-state index in [1.165, 1.54) is 5.56 Å². The molecule has 0 saturated carbocycles. The third kappa shape index (κ3) is 2.13. The molecule has 3 nitrogen and oxygen atoms in total. The Hall–Kier alpha value is -1.77. The van der Waals surface area contributed by atoms with Crippen molar-refractivity contribution in [3.8, 4) is 11.1 Å². The summed E-state index contributed by atoms with van der Waals surface area (Å²) in [7, 11) is 0. The number of benzene rings is 1. The molecule has 0 radical (unpaired) electrons. The van der Waals surface area contributed by atoms with Crippen molar-refractivity contribution < 1.29 is 0 Å². The van der Waals surface area contributed by atoms with Crippen LogP contribution in [-0.4, -0.2) is 9.78 Å². The lowest BCUT2D eigenvalue weighted by molar-refractivity contribution is 0.595. The second-order valence-corrected chi connectivity index (χ2v) is 4.97. The maximum Gasteiger partial charge on any atom is 0.272 e. The van der Waals surface area contributed by atoms with E-state index >= 15 is 0 Å². The zero-order valence-electron chi connectivity index (χ0n) is 11.4. The van der Waals surface area contributed by atoms with E-state index in [-0.39, 0.29) is 5.56 Å².